The van der Waals surface area contributed by atoms with Crippen molar-refractivity contribution in [1.29, 1.82) is 0 Å². The number of aliphatic carboxylic acids is 1. The first-order valence-electron chi connectivity index (χ1n) is 5.61. The van der Waals surface area contributed by atoms with E-state index in [1.165, 1.54) is 0 Å². The normalized spacial score (nSPS) is 11.9. The summed E-state index contributed by atoms with van der Waals surface area (Å²) in [5.74, 6) is -0.782. The summed E-state index contributed by atoms with van der Waals surface area (Å²) in [6.45, 7) is 5.45. The number of benzene rings is 1. The average molecular weight is 232 g/mol. The summed E-state index contributed by atoms with van der Waals surface area (Å²) < 4.78 is 5.42. The Balaban J connectivity index is 2.49. The van der Waals surface area contributed by atoms with E-state index in [-0.39, 0.29) is 0 Å². The molecule has 2 rings (SSSR count). The van der Waals surface area contributed by atoms with E-state index < -0.39 is 11.4 Å². The van der Waals surface area contributed by atoms with Gasteiger partial charge in [-0.1, -0.05) is 12.1 Å². The molecule has 1 aromatic carbocycles. The fraction of sp³-hybridized carbons (Fsp3) is 0.357. The molecule has 0 aliphatic carbocycles. The van der Waals surface area contributed by atoms with Crippen LogP contribution in [-0.4, -0.2) is 11.1 Å². The molecule has 3 nitrogen and oxygen atoms in total. The van der Waals surface area contributed by atoms with Crippen LogP contribution >= 0.6 is 0 Å². The van der Waals surface area contributed by atoms with Crippen molar-refractivity contribution in [1.82, 2.24) is 0 Å². The summed E-state index contributed by atoms with van der Waals surface area (Å²) in [7, 11) is 0. The first kappa shape index (κ1) is 11.7. The van der Waals surface area contributed by atoms with Crippen molar-refractivity contribution < 1.29 is 14.3 Å². The second-order valence-electron chi connectivity index (χ2n) is 5.07. The summed E-state index contributed by atoms with van der Waals surface area (Å²) in [6.07, 6.45) is 2.21. The van der Waals surface area contributed by atoms with Crippen molar-refractivity contribution in [2.75, 3.05) is 0 Å². The maximum atomic E-state index is 11.2. The number of carboxylic acid groups (broad SMARTS) is 1. The van der Waals surface area contributed by atoms with Crippen molar-refractivity contribution in [2.24, 2.45) is 5.41 Å². The number of hydrogen-bond donors (Lipinski definition) is 1. The number of rotatable bonds is 3. The lowest BCUT2D eigenvalue weighted by Gasteiger charge is -2.19. The zero-order chi connectivity index (χ0) is 12.6. The Morgan fingerprint density at radius 2 is 2.12 bits per heavy atom. The second kappa shape index (κ2) is 3.91. The predicted octanol–water partition coefficient (Wildman–Crippen LogP) is 3.39. The highest BCUT2D eigenvalue weighted by Crippen LogP contribution is 2.30. The Labute approximate surface area is 100 Å². The van der Waals surface area contributed by atoms with Crippen LogP contribution in [0.2, 0.25) is 0 Å². The molecule has 0 radical (unpaired) electrons. The quantitative estimate of drug-likeness (QED) is 0.882. The minimum Gasteiger partial charge on any atom is -0.481 e. The molecule has 0 fully saturated rings. The lowest BCUT2D eigenvalue weighted by molar-refractivity contribution is -0.146. The third kappa shape index (κ3) is 2.05. The molecule has 1 N–H and O–H groups in total. The molecule has 0 aliphatic heterocycles. The summed E-state index contributed by atoms with van der Waals surface area (Å²) in [4.78, 5) is 11.2. The summed E-state index contributed by atoms with van der Waals surface area (Å²) in [5.41, 5.74) is 2.14. The fourth-order valence-corrected chi connectivity index (χ4v) is 2.03. The summed E-state index contributed by atoms with van der Waals surface area (Å²) in [6, 6.07) is 5.77. The minimum absolute atomic E-state index is 0.500. The average Bonchev–Trinajstić information content (AvgIpc) is 2.61. The monoisotopic (exact) mass is 232 g/mol. The molecule has 0 aliphatic rings. The number of aryl methyl sites for hydroxylation is 1. The van der Waals surface area contributed by atoms with Crippen LogP contribution in [0.4, 0.5) is 0 Å². The van der Waals surface area contributed by atoms with Crippen LogP contribution in [0.3, 0.4) is 0 Å². The van der Waals surface area contributed by atoms with Crippen molar-refractivity contribution in [3.63, 3.8) is 0 Å². The van der Waals surface area contributed by atoms with E-state index in [1.54, 1.807) is 20.1 Å². The van der Waals surface area contributed by atoms with Crippen LogP contribution in [0.25, 0.3) is 11.0 Å². The Hall–Kier alpha value is -1.77. The predicted molar refractivity (Wildman–Crippen MR) is 66.1 cm³/mol. The van der Waals surface area contributed by atoms with Crippen LogP contribution in [0.5, 0.6) is 0 Å². The lowest BCUT2D eigenvalue weighted by Crippen LogP contribution is -2.26. The minimum atomic E-state index is -0.782. The van der Waals surface area contributed by atoms with Crippen LogP contribution in [0, 0.1) is 12.3 Å². The number of carboxylic acids is 1. The Bertz CT molecular complexity index is 564. The van der Waals surface area contributed by atoms with Gasteiger partial charge in [0.25, 0.3) is 0 Å². The summed E-state index contributed by atoms with van der Waals surface area (Å²) >= 11 is 0. The van der Waals surface area contributed by atoms with Crippen molar-refractivity contribution in [2.45, 2.75) is 27.2 Å². The Morgan fingerprint density at radius 1 is 1.41 bits per heavy atom. The largest absolute Gasteiger partial charge is 0.481 e. The Kier molecular flexibility index (Phi) is 2.69. The molecule has 0 saturated heterocycles. The molecule has 17 heavy (non-hydrogen) atoms. The van der Waals surface area contributed by atoms with Gasteiger partial charge in [0.05, 0.1) is 11.7 Å². The van der Waals surface area contributed by atoms with Crippen molar-refractivity contribution >= 4 is 16.9 Å². The van der Waals surface area contributed by atoms with Crippen molar-refractivity contribution in [3.05, 3.63) is 35.6 Å². The van der Waals surface area contributed by atoms with Gasteiger partial charge >= 0.3 is 5.97 Å². The molecule has 1 heterocycles. The molecule has 0 spiro atoms. The van der Waals surface area contributed by atoms with Crippen molar-refractivity contribution in [3.8, 4) is 0 Å². The van der Waals surface area contributed by atoms with Crippen LogP contribution in [0.15, 0.2) is 28.9 Å². The van der Waals surface area contributed by atoms with E-state index in [4.69, 9.17) is 4.42 Å². The molecule has 0 saturated carbocycles. The topological polar surface area (TPSA) is 50.4 Å². The fourth-order valence-electron chi connectivity index (χ4n) is 2.03. The second-order valence-corrected chi connectivity index (χ2v) is 5.07. The van der Waals surface area contributed by atoms with Crippen LogP contribution in [0.1, 0.15) is 25.0 Å². The third-order valence-corrected chi connectivity index (χ3v) is 3.08. The van der Waals surface area contributed by atoms with E-state index in [0.29, 0.717) is 6.42 Å². The molecular weight excluding hydrogens is 216 g/mol. The lowest BCUT2D eigenvalue weighted by atomic mass is 9.84. The van der Waals surface area contributed by atoms with Gasteiger partial charge in [-0.05, 0) is 44.4 Å². The highest BCUT2D eigenvalue weighted by molar-refractivity contribution is 5.85. The highest BCUT2D eigenvalue weighted by atomic mass is 16.4. The molecule has 3 heteroatoms. The molecule has 0 amide bonds. The van der Waals surface area contributed by atoms with Gasteiger partial charge in [0.2, 0.25) is 0 Å². The van der Waals surface area contributed by atoms with E-state index in [9.17, 15) is 9.90 Å². The standard InChI is InChI=1S/C14H16O3/c1-9-8-17-11-6-4-5-10(12(9)11)7-14(2,3)13(15)16/h4-6,8H,7H2,1-3H3,(H,15,16). The molecule has 90 valence electrons. The molecule has 2 aromatic rings. The summed E-state index contributed by atoms with van der Waals surface area (Å²) in [5, 5.41) is 10.2. The highest BCUT2D eigenvalue weighted by Gasteiger charge is 2.28. The van der Waals surface area contributed by atoms with Gasteiger partial charge in [-0.15, -0.1) is 0 Å². The van der Waals surface area contributed by atoms with E-state index in [0.717, 1.165) is 22.1 Å². The number of carbonyl (C=O) groups is 1. The molecule has 0 bridgehead atoms. The molecule has 0 unspecified atom stereocenters. The SMILES string of the molecule is Cc1coc2cccc(CC(C)(C)C(=O)O)c12. The first-order chi connectivity index (χ1) is 7.92. The van der Waals surface area contributed by atoms with Gasteiger partial charge in [0.1, 0.15) is 5.58 Å². The van der Waals surface area contributed by atoms with Gasteiger partial charge < -0.3 is 9.52 Å². The van der Waals surface area contributed by atoms with Gasteiger partial charge in [0, 0.05) is 5.39 Å². The van der Waals surface area contributed by atoms with Gasteiger partial charge in [0.15, 0.2) is 0 Å². The zero-order valence-electron chi connectivity index (χ0n) is 10.3. The molecule has 1 aromatic heterocycles. The number of furan rings is 1. The third-order valence-electron chi connectivity index (χ3n) is 3.08. The molecular formula is C14H16O3. The van der Waals surface area contributed by atoms with Gasteiger partial charge in [-0.2, -0.15) is 0 Å². The maximum absolute atomic E-state index is 11.2. The first-order valence-corrected chi connectivity index (χ1v) is 5.61. The Morgan fingerprint density at radius 3 is 2.76 bits per heavy atom. The zero-order valence-corrected chi connectivity index (χ0v) is 10.3. The van der Waals surface area contributed by atoms with Crippen LogP contribution < -0.4 is 0 Å². The van der Waals surface area contributed by atoms with Crippen LogP contribution in [-0.2, 0) is 11.2 Å². The smallest absolute Gasteiger partial charge is 0.309 e. The molecule has 0 atom stereocenters. The number of hydrogen-bond acceptors (Lipinski definition) is 2. The van der Waals surface area contributed by atoms with E-state index >= 15 is 0 Å². The van der Waals surface area contributed by atoms with E-state index in [2.05, 4.69) is 0 Å². The van der Waals surface area contributed by atoms with Gasteiger partial charge in [-0.3, -0.25) is 4.79 Å². The maximum Gasteiger partial charge on any atom is 0.309 e. The van der Waals surface area contributed by atoms with Gasteiger partial charge in [-0.25, -0.2) is 0 Å². The van der Waals surface area contributed by atoms with E-state index in [1.807, 2.05) is 25.1 Å². The number of fused-ring (bicyclic) bond motifs is 1.